The van der Waals surface area contributed by atoms with Crippen LogP contribution < -0.4 is 10.3 Å². The van der Waals surface area contributed by atoms with E-state index in [4.69, 9.17) is 9.15 Å². The van der Waals surface area contributed by atoms with Crippen LogP contribution >= 0.6 is 15.9 Å². The van der Waals surface area contributed by atoms with E-state index in [0.717, 1.165) is 0 Å². The fourth-order valence-electron chi connectivity index (χ4n) is 3.76. The van der Waals surface area contributed by atoms with Crippen LogP contribution in [-0.4, -0.2) is 26.7 Å². The monoisotopic (exact) mass is 518 g/mol. The first-order valence-corrected chi connectivity index (χ1v) is 10.4. The maximum Gasteiger partial charge on any atom is 0.435 e. The molecule has 3 aromatic heterocycles. The number of nitrogens with one attached hydrogen (secondary N) is 1. The average Bonchev–Trinajstić information content (AvgIpc) is 3.36. The van der Waals surface area contributed by atoms with Gasteiger partial charge in [-0.15, -0.1) is 0 Å². The number of alkyl halides is 3. The van der Waals surface area contributed by atoms with Crippen LogP contribution in [0.3, 0.4) is 0 Å². The fourth-order valence-corrected chi connectivity index (χ4v) is 4.24. The zero-order chi connectivity index (χ0) is 23.5. The van der Waals surface area contributed by atoms with Crippen molar-refractivity contribution >= 4 is 32.7 Å². The Labute approximate surface area is 192 Å². The second kappa shape index (κ2) is 7.48. The molecule has 0 spiro atoms. The number of ether oxygens (including phenoxy) is 1. The Bertz CT molecular complexity index is 1590. The number of methoxy groups -OCH3 is 1. The van der Waals surface area contributed by atoms with Gasteiger partial charge in [0, 0.05) is 5.69 Å². The second-order valence-corrected chi connectivity index (χ2v) is 8.08. The first-order valence-electron chi connectivity index (χ1n) is 9.62. The van der Waals surface area contributed by atoms with Crippen molar-refractivity contribution in [3.8, 4) is 28.3 Å². The summed E-state index contributed by atoms with van der Waals surface area (Å²) in [7, 11) is 1.46. The Kier molecular flexibility index (Phi) is 4.82. The van der Waals surface area contributed by atoms with E-state index in [9.17, 15) is 18.0 Å². The normalized spacial score (nSPS) is 12.1. The first-order chi connectivity index (χ1) is 15.7. The van der Waals surface area contributed by atoms with Crippen molar-refractivity contribution in [2.45, 2.75) is 13.1 Å². The molecule has 7 nitrogen and oxygen atoms in total. The van der Waals surface area contributed by atoms with E-state index in [0.29, 0.717) is 25.8 Å². The SMILES string of the molecule is COc1c(Br)ccc2oc(-c3c(C)[nH]c4c(-c5ccccc5)c(C(F)(F)F)nn4c3=O)nc12. The van der Waals surface area contributed by atoms with E-state index in [2.05, 4.69) is 31.0 Å². The summed E-state index contributed by atoms with van der Waals surface area (Å²) in [5, 5.41) is 3.64. The highest BCUT2D eigenvalue weighted by Crippen LogP contribution is 2.39. The zero-order valence-electron chi connectivity index (χ0n) is 17.1. The van der Waals surface area contributed by atoms with Gasteiger partial charge in [0.15, 0.2) is 22.5 Å². The average molecular weight is 519 g/mol. The Morgan fingerprint density at radius 2 is 1.85 bits per heavy atom. The van der Waals surface area contributed by atoms with Crippen LogP contribution in [0.5, 0.6) is 5.75 Å². The summed E-state index contributed by atoms with van der Waals surface area (Å²) in [6, 6.07) is 11.3. The lowest BCUT2D eigenvalue weighted by atomic mass is 10.1. The topological polar surface area (TPSA) is 85.4 Å². The Morgan fingerprint density at radius 1 is 1.12 bits per heavy atom. The van der Waals surface area contributed by atoms with Gasteiger partial charge in [-0.3, -0.25) is 4.79 Å². The van der Waals surface area contributed by atoms with E-state index in [1.165, 1.54) is 19.2 Å². The summed E-state index contributed by atoms with van der Waals surface area (Å²) in [5.41, 5.74) is -1.00. The third-order valence-corrected chi connectivity index (χ3v) is 5.81. The first kappa shape index (κ1) is 21.3. The second-order valence-electron chi connectivity index (χ2n) is 7.22. The van der Waals surface area contributed by atoms with Crippen LogP contribution in [0.4, 0.5) is 13.2 Å². The molecule has 11 heteroatoms. The number of fused-ring (bicyclic) bond motifs is 2. The maximum absolute atomic E-state index is 13.8. The van der Waals surface area contributed by atoms with Gasteiger partial charge in [-0.2, -0.15) is 22.8 Å². The van der Waals surface area contributed by atoms with Gasteiger partial charge in [0.25, 0.3) is 5.56 Å². The van der Waals surface area contributed by atoms with Crippen LogP contribution in [0.15, 0.2) is 56.1 Å². The van der Waals surface area contributed by atoms with Gasteiger partial charge in [0.2, 0.25) is 5.89 Å². The molecule has 0 aliphatic heterocycles. The van der Waals surface area contributed by atoms with Gasteiger partial charge in [-0.25, -0.2) is 4.98 Å². The molecule has 0 fully saturated rings. The number of nitrogens with zero attached hydrogens (tertiary/aromatic N) is 3. The molecule has 168 valence electrons. The molecule has 0 amide bonds. The van der Waals surface area contributed by atoms with E-state index in [1.54, 1.807) is 37.3 Å². The minimum atomic E-state index is -4.78. The molecule has 0 unspecified atom stereocenters. The van der Waals surface area contributed by atoms with Gasteiger partial charge in [0.05, 0.1) is 17.1 Å². The number of hydrogen-bond donors (Lipinski definition) is 1. The third kappa shape index (κ3) is 3.30. The predicted octanol–water partition coefficient (Wildman–Crippen LogP) is 5.60. The number of H-pyrrole nitrogens is 1. The number of aromatic amines is 1. The Hall–Kier alpha value is -3.60. The fraction of sp³-hybridized carbons (Fsp3) is 0.136. The largest absolute Gasteiger partial charge is 0.493 e. The molecule has 0 aliphatic carbocycles. The highest BCUT2D eigenvalue weighted by molar-refractivity contribution is 9.10. The summed E-state index contributed by atoms with van der Waals surface area (Å²) >= 11 is 3.36. The summed E-state index contributed by atoms with van der Waals surface area (Å²) in [5.74, 6) is 0.342. The van der Waals surface area contributed by atoms with Gasteiger partial charge in [-0.1, -0.05) is 30.3 Å². The molecule has 5 aromatic rings. The van der Waals surface area contributed by atoms with Gasteiger partial charge >= 0.3 is 6.18 Å². The molecule has 2 aromatic carbocycles. The maximum atomic E-state index is 13.8. The molecule has 0 bridgehead atoms. The van der Waals surface area contributed by atoms with E-state index in [1.807, 2.05) is 0 Å². The van der Waals surface area contributed by atoms with Gasteiger partial charge in [0.1, 0.15) is 11.2 Å². The van der Waals surface area contributed by atoms with Gasteiger partial charge < -0.3 is 14.1 Å². The van der Waals surface area contributed by atoms with Crippen LogP contribution in [0.25, 0.3) is 39.3 Å². The Balaban J connectivity index is 1.82. The molecule has 0 saturated heterocycles. The smallest absolute Gasteiger partial charge is 0.435 e. The third-order valence-electron chi connectivity index (χ3n) is 5.19. The van der Waals surface area contributed by atoms with Crippen molar-refractivity contribution in [3.63, 3.8) is 0 Å². The Morgan fingerprint density at radius 3 is 2.52 bits per heavy atom. The molecule has 0 aliphatic rings. The lowest BCUT2D eigenvalue weighted by Crippen LogP contribution is -2.20. The van der Waals surface area contributed by atoms with E-state index >= 15 is 0 Å². The van der Waals surface area contributed by atoms with E-state index < -0.39 is 17.4 Å². The summed E-state index contributed by atoms with van der Waals surface area (Å²) in [6.45, 7) is 1.56. The molecule has 1 N–H and O–H groups in total. The number of halogens is 4. The number of hydrogen-bond acceptors (Lipinski definition) is 5. The van der Waals surface area contributed by atoms with Crippen molar-refractivity contribution in [1.82, 2.24) is 19.6 Å². The highest BCUT2D eigenvalue weighted by Gasteiger charge is 2.39. The summed E-state index contributed by atoms with van der Waals surface area (Å²) in [4.78, 5) is 20.6. The van der Waals surface area contributed by atoms with Crippen LogP contribution in [0.1, 0.15) is 11.4 Å². The number of oxazole rings is 1. The molecule has 0 radical (unpaired) electrons. The summed E-state index contributed by atoms with van der Waals surface area (Å²) < 4.78 is 54.0. The highest BCUT2D eigenvalue weighted by atomic mass is 79.9. The van der Waals surface area contributed by atoms with Crippen molar-refractivity contribution in [2.75, 3.05) is 7.11 Å². The van der Waals surface area contributed by atoms with Crippen molar-refractivity contribution in [1.29, 1.82) is 0 Å². The van der Waals surface area contributed by atoms with Crippen molar-refractivity contribution < 1.29 is 22.3 Å². The molecule has 0 atom stereocenters. The van der Waals surface area contributed by atoms with Gasteiger partial charge in [-0.05, 0) is 40.5 Å². The molecular weight excluding hydrogens is 505 g/mol. The molecule has 5 rings (SSSR count). The standard InChI is InChI=1S/C22H14BrF3N4O3/c1-10-14(20-28-16-13(33-20)9-8-12(23)17(16)32-2)21(31)30-19(27-10)15(11-6-4-3-5-7-11)18(29-30)22(24,25)26/h3-9,27H,1-2H3. The van der Waals surface area contributed by atoms with Crippen LogP contribution in [0, 0.1) is 6.92 Å². The number of aryl methyl sites for hydroxylation is 1. The van der Waals surface area contributed by atoms with Crippen LogP contribution in [0.2, 0.25) is 0 Å². The van der Waals surface area contributed by atoms with Crippen molar-refractivity contribution in [3.05, 3.63) is 68.7 Å². The van der Waals surface area contributed by atoms with Crippen LogP contribution in [-0.2, 0) is 6.18 Å². The molecule has 0 saturated carbocycles. The summed E-state index contributed by atoms with van der Waals surface area (Å²) in [6.07, 6.45) is -4.78. The molecule has 33 heavy (non-hydrogen) atoms. The number of aromatic nitrogens is 4. The lowest BCUT2D eigenvalue weighted by Gasteiger charge is -2.07. The molecular formula is C22H14BrF3N4O3. The zero-order valence-corrected chi connectivity index (χ0v) is 18.7. The minimum Gasteiger partial charge on any atom is -0.493 e. The number of rotatable bonds is 3. The predicted molar refractivity (Wildman–Crippen MR) is 118 cm³/mol. The molecule has 3 heterocycles. The lowest BCUT2D eigenvalue weighted by molar-refractivity contribution is -0.140. The van der Waals surface area contributed by atoms with E-state index in [-0.39, 0.29) is 33.9 Å². The quantitative estimate of drug-likeness (QED) is 0.336. The number of benzene rings is 2. The minimum absolute atomic E-state index is 0.0345. The van der Waals surface area contributed by atoms with Crippen molar-refractivity contribution in [2.24, 2.45) is 0 Å².